The minimum Gasteiger partial charge on any atom is -0.301 e. The number of carbonyl (C=O) groups is 1. The van der Waals surface area contributed by atoms with Crippen molar-refractivity contribution >= 4 is 43.8 Å². The van der Waals surface area contributed by atoms with E-state index in [1.165, 1.54) is 16.2 Å². The van der Waals surface area contributed by atoms with E-state index in [1.807, 2.05) is 30.3 Å². The minimum atomic E-state index is -0.0688. The van der Waals surface area contributed by atoms with Crippen molar-refractivity contribution in [1.29, 1.82) is 0 Å². The number of likely N-dealkylation sites (N-methyl/N-ethyl adjacent to an activating group) is 1. The Morgan fingerprint density at radius 2 is 2.18 bits per heavy atom. The van der Waals surface area contributed by atoms with E-state index in [0.29, 0.717) is 5.13 Å². The number of carbonyl (C=O) groups excluding carboxylic acids is 1. The summed E-state index contributed by atoms with van der Waals surface area (Å²) < 4.78 is 1.13. The molecule has 3 heterocycles. The highest BCUT2D eigenvalue weighted by Crippen LogP contribution is 2.30. The van der Waals surface area contributed by atoms with Gasteiger partial charge in [0.2, 0.25) is 0 Å². The Balaban J connectivity index is 1.56. The highest BCUT2D eigenvalue weighted by Gasteiger charge is 2.20. The van der Waals surface area contributed by atoms with Crippen molar-refractivity contribution in [3.63, 3.8) is 0 Å². The largest absolute Gasteiger partial charge is 0.301 e. The Bertz CT molecular complexity index is 819. The highest BCUT2D eigenvalue weighted by atomic mass is 32.1. The first-order chi connectivity index (χ1) is 10.7. The van der Waals surface area contributed by atoms with Crippen molar-refractivity contribution in [2.24, 2.45) is 0 Å². The Morgan fingerprint density at radius 3 is 3.05 bits per heavy atom. The predicted octanol–water partition coefficient (Wildman–Crippen LogP) is 3.60. The fourth-order valence-corrected chi connectivity index (χ4v) is 4.67. The van der Waals surface area contributed by atoms with Crippen molar-refractivity contribution in [3.8, 4) is 0 Å². The van der Waals surface area contributed by atoms with Gasteiger partial charge in [0, 0.05) is 29.1 Å². The third-order valence-electron chi connectivity index (χ3n) is 3.79. The molecule has 1 amide bonds. The number of hydrogen-bond acceptors (Lipinski definition) is 5. The first-order valence-electron chi connectivity index (χ1n) is 7.16. The van der Waals surface area contributed by atoms with Crippen LogP contribution in [0, 0.1) is 0 Å². The molecule has 3 aromatic rings. The van der Waals surface area contributed by atoms with Gasteiger partial charge in [-0.25, -0.2) is 4.98 Å². The van der Waals surface area contributed by atoms with Crippen LogP contribution < -0.4 is 5.32 Å². The van der Waals surface area contributed by atoms with Crippen LogP contribution in [0.3, 0.4) is 0 Å². The molecule has 0 aliphatic carbocycles. The molecular weight excluding hydrogens is 314 g/mol. The number of thiazole rings is 1. The zero-order valence-corrected chi connectivity index (χ0v) is 13.8. The average Bonchev–Trinajstić information content (AvgIpc) is 3.09. The molecule has 1 aliphatic heterocycles. The Morgan fingerprint density at radius 1 is 1.32 bits per heavy atom. The van der Waals surface area contributed by atoms with Gasteiger partial charge in [-0.2, -0.15) is 0 Å². The standard InChI is InChI=1S/C16H15N3OS2/c1-19-7-6-11-14(9-19)22-16(17-11)18-15(20)13-8-10-4-2-3-5-12(10)21-13/h2-5,8H,6-7,9H2,1H3,(H,17,18,20). The topological polar surface area (TPSA) is 45.2 Å². The minimum absolute atomic E-state index is 0.0688. The summed E-state index contributed by atoms with van der Waals surface area (Å²) in [5, 5.41) is 4.77. The molecule has 0 radical (unpaired) electrons. The number of nitrogens with zero attached hydrogens (tertiary/aromatic N) is 2. The van der Waals surface area contributed by atoms with Crippen molar-refractivity contribution in [2.45, 2.75) is 13.0 Å². The number of thiophene rings is 1. The van der Waals surface area contributed by atoms with Gasteiger partial charge in [0.1, 0.15) is 0 Å². The maximum absolute atomic E-state index is 12.4. The number of nitrogens with one attached hydrogen (secondary N) is 1. The summed E-state index contributed by atoms with van der Waals surface area (Å²) in [6, 6.07) is 9.99. The van der Waals surface area contributed by atoms with Crippen LogP contribution in [-0.2, 0) is 13.0 Å². The van der Waals surface area contributed by atoms with Gasteiger partial charge < -0.3 is 4.90 Å². The summed E-state index contributed by atoms with van der Waals surface area (Å²) in [4.78, 5) is 21.3. The van der Waals surface area contributed by atoms with E-state index in [-0.39, 0.29) is 5.91 Å². The Labute approximate surface area is 136 Å². The molecule has 0 fully saturated rings. The van der Waals surface area contributed by atoms with Crippen LogP contribution in [0.15, 0.2) is 30.3 Å². The lowest BCUT2D eigenvalue weighted by Crippen LogP contribution is -2.25. The average molecular weight is 329 g/mol. The molecule has 22 heavy (non-hydrogen) atoms. The van der Waals surface area contributed by atoms with E-state index < -0.39 is 0 Å². The van der Waals surface area contributed by atoms with Gasteiger partial charge in [-0.3, -0.25) is 10.1 Å². The molecule has 4 nitrogen and oxygen atoms in total. The quantitative estimate of drug-likeness (QED) is 0.781. The van der Waals surface area contributed by atoms with Crippen molar-refractivity contribution in [3.05, 3.63) is 45.8 Å². The number of benzene rings is 1. The molecular formula is C16H15N3OS2. The molecule has 1 aliphatic rings. The number of fused-ring (bicyclic) bond motifs is 2. The van der Waals surface area contributed by atoms with E-state index in [0.717, 1.165) is 40.2 Å². The summed E-state index contributed by atoms with van der Waals surface area (Å²) in [7, 11) is 2.11. The number of hydrogen-bond donors (Lipinski definition) is 1. The van der Waals surface area contributed by atoms with Crippen LogP contribution in [0.5, 0.6) is 0 Å². The van der Waals surface area contributed by atoms with Crippen LogP contribution in [0.2, 0.25) is 0 Å². The molecule has 0 unspecified atom stereocenters. The lowest BCUT2D eigenvalue weighted by molar-refractivity contribution is 0.103. The van der Waals surface area contributed by atoms with E-state index in [1.54, 1.807) is 11.3 Å². The maximum atomic E-state index is 12.4. The third-order valence-corrected chi connectivity index (χ3v) is 5.90. The summed E-state index contributed by atoms with van der Waals surface area (Å²) in [6.07, 6.45) is 0.959. The highest BCUT2D eigenvalue weighted by molar-refractivity contribution is 7.21. The zero-order valence-electron chi connectivity index (χ0n) is 12.1. The lowest BCUT2D eigenvalue weighted by Gasteiger charge is -2.20. The molecule has 1 N–H and O–H groups in total. The summed E-state index contributed by atoms with van der Waals surface area (Å²) in [6.45, 7) is 1.95. The molecule has 112 valence electrons. The molecule has 0 bridgehead atoms. The molecule has 0 spiro atoms. The lowest BCUT2D eigenvalue weighted by atomic mass is 10.2. The number of anilines is 1. The van der Waals surface area contributed by atoms with E-state index in [4.69, 9.17) is 0 Å². The van der Waals surface area contributed by atoms with Gasteiger partial charge in [-0.05, 0) is 24.6 Å². The van der Waals surface area contributed by atoms with Crippen molar-refractivity contribution < 1.29 is 4.79 Å². The second-order valence-corrected chi connectivity index (χ2v) is 7.65. The van der Waals surface area contributed by atoms with Crippen LogP contribution in [-0.4, -0.2) is 29.4 Å². The number of aromatic nitrogens is 1. The zero-order chi connectivity index (χ0) is 15.1. The second kappa shape index (κ2) is 5.46. The molecule has 1 aromatic carbocycles. The smallest absolute Gasteiger partial charge is 0.267 e. The molecule has 2 aromatic heterocycles. The second-order valence-electron chi connectivity index (χ2n) is 5.48. The van der Waals surface area contributed by atoms with E-state index in [9.17, 15) is 4.79 Å². The van der Waals surface area contributed by atoms with Gasteiger partial charge >= 0.3 is 0 Å². The van der Waals surface area contributed by atoms with Gasteiger partial charge in [-0.15, -0.1) is 22.7 Å². The molecule has 0 saturated heterocycles. The summed E-state index contributed by atoms with van der Waals surface area (Å²) >= 11 is 3.11. The first kappa shape index (κ1) is 13.9. The van der Waals surface area contributed by atoms with E-state index >= 15 is 0 Å². The fourth-order valence-electron chi connectivity index (χ4n) is 2.63. The van der Waals surface area contributed by atoms with Gasteiger partial charge in [0.15, 0.2) is 5.13 Å². The Kier molecular flexibility index (Phi) is 3.44. The predicted molar refractivity (Wildman–Crippen MR) is 91.9 cm³/mol. The van der Waals surface area contributed by atoms with Crippen LogP contribution >= 0.6 is 22.7 Å². The van der Waals surface area contributed by atoms with Gasteiger partial charge in [0.25, 0.3) is 5.91 Å². The van der Waals surface area contributed by atoms with Crippen LogP contribution in [0.25, 0.3) is 10.1 Å². The fraction of sp³-hybridized carbons (Fsp3) is 0.250. The van der Waals surface area contributed by atoms with Crippen molar-refractivity contribution in [2.75, 3.05) is 18.9 Å². The Hall–Kier alpha value is -1.76. The third kappa shape index (κ3) is 2.54. The monoisotopic (exact) mass is 329 g/mol. The van der Waals surface area contributed by atoms with Crippen LogP contribution in [0.1, 0.15) is 20.2 Å². The molecule has 4 rings (SSSR count). The molecule has 0 atom stereocenters. The molecule has 6 heteroatoms. The maximum Gasteiger partial charge on any atom is 0.267 e. The normalized spacial score (nSPS) is 15.0. The number of amides is 1. The van der Waals surface area contributed by atoms with Crippen LogP contribution in [0.4, 0.5) is 5.13 Å². The van der Waals surface area contributed by atoms with Gasteiger partial charge in [-0.1, -0.05) is 18.2 Å². The number of rotatable bonds is 2. The van der Waals surface area contributed by atoms with Gasteiger partial charge in [0.05, 0.1) is 10.6 Å². The summed E-state index contributed by atoms with van der Waals surface area (Å²) in [5.74, 6) is -0.0688. The molecule has 0 saturated carbocycles. The SMILES string of the molecule is CN1CCc2nc(NC(=O)c3cc4ccccc4s3)sc2C1. The summed E-state index contributed by atoms with van der Waals surface area (Å²) in [5.41, 5.74) is 1.13. The van der Waals surface area contributed by atoms with E-state index in [2.05, 4.69) is 22.2 Å². The van der Waals surface area contributed by atoms with Crippen molar-refractivity contribution in [1.82, 2.24) is 9.88 Å². The first-order valence-corrected chi connectivity index (χ1v) is 8.79.